The minimum atomic E-state index is 0.947. The van der Waals surface area contributed by atoms with Crippen molar-refractivity contribution in [2.45, 2.75) is 32.2 Å². The molecule has 178 valence electrons. The predicted molar refractivity (Wildman–Crippen MR) is 147 cm³/mol. The maximum absolute atomic E-state index is 4.71. The lowest BCUT2D eigenvalue weighted by atomic mass is 10.0. The highest BCUT2D eigenvalue weighted by molar-refractivity contribution is 6.01. The van der Waals surface area contributed by atoms with Gasteiger partial charge in [-0.15, -0.1) is 0 Å². The molecule has 0 radical (unpaired) electrons. The van der Waals surface area contributed by atoms with Crippen molar-refractivity contribution in [1.29, 1.82) is 0 Å². The molecule has 2 aliphatic rings. The molecule has 0 saturated carbocycles. The highest BCUT2D eigenvalue weighted by Crippen LogP contribution is 2.35. The zero-order valence-electron chi connectivity index (χ0n) is 20.3. The number of rotatable bonds is 5. The Bertz CT molecular complexity index is 1630. The number of benzene rings is 2. The summed E-state index contributed by atoms with van der Waals surface area (Å²) in [4.78, 5) is 10.7. The van der Waals surface area contributed by atoms with Crippen LogP contribution >= 0.6 is 0 Å². The summed E-state index contributed by atoms with van der Waals surface area (Å²) in [6.45, 7) is 3.35. The summed E-state index contributed by atoms with van der Waals surface area (Å²) < 4.78 is 0. The smallest absolute Gasteiger partial charge is 0.116 e. The molecule has 0 atom stereocenters. The van der Waals surface area contributed by atoms with Crippen molar-refractivity contribution in [2.75, 3.05) is 13.1 Å². The first-order chi connectivity index (χ1) is 17.8. The molecule has 0 amide bonds. The summed E-state index contributed by atoms with van der Waals surface area (Å²) >= 11 is 0. The van der Waals surface area contributed by atoms with Crippen LogP contribution in [0, 0.1) is 0 Å². The topological polar surface area (TPSA) is 60.6 Å². The quantitative estimate of drug-likeness (QED) is 0.287. The number of piperidine rings is 1. The van der Waals surface area contributed by atoms with Gasteiger partial charge in [-0.3, -0.25) is 15.0 Å². The van der Waals surface area contributed by atoms with E-state index >= 15 is 0 Å². The lowest BCUT2D eigenvalue weighted by molar-refractivity contribution is 0.220. The van der Waals surface area contributed by atoms with Crippen molar-refractivity contribution in [2.24, 2.45) is 0 Å². The van der Waals surface area contributed by atoms with Gasteiger partial charge >= 0.3 is 0 Å². The number of hydrogen-bond donors (Lipinski definition) is 2. The van der Waals surface area contributed by atoms with E-state index in [2.05, 4.69) is 86.7 Å². The minimum Gasteiger partial charge on any atom is -0.353 e. The summed E-state index contributed by atoms with van der Waals surface area (Å²) in [5, 5.41) is 10.3. The van der Waals surface area contributed by atoms with Gasteiger partial charge in [0.25, 0.3) is 0 Å². The fourth-order valence-electron chi connectivity index (χ4n) is 5.70. The van der Waals surface area contributed by atoms with Gasteiger partial charge in [0.1, 0.15) is 5.69 Å². The molecular formula is C31H29N5. The third-order valence-electron chi connectivity index (χ3n) is 7.55. The summed E-state index contributed by atoms with van der Waals surface area (Å²) in [7, 11) is 0. The molecule has 2 aromatic carbocycles. The molecule has 4 heterocycles. The Hall–Kier alpha value is -3.96. The first-order valence-electron chi connectivity index (χ1n) is 13.0. The Labute approximate surface area is 210 Å². The van der Waals surface area contributed by atoms with E-state index in [4.69, 9.17) is 5.10 Å². The zero-order valence-corrected chi connectivity index (χ0v) is 20.3. The van der Waals surface area contributed by atoms with E-state index in [1.807, 2.05) is 12.4 Å². The monoisotopic (exact) mass is 471 g/mol. The standard InChI is InChI=1S/C31H29N5/c1-4-13-36(14-5-1)20-21-15-24(19-32-18-21)23-11-12-29-27(16-23)31(35-34-29)30-17-26-25(22-7-2-3-8-22)9-6-10-28(26)33-30/h2,6-12,15-19,33H,1,3-5,13-14,20H2,(H,34,35). The van der Waals surface area contributed by atoms with Gasteiger partial charge in [-0.1, -0.05) is 42.8 Å². The highest BCUT2D eigenvalue weighted by Gasteiger charge is 2.16. The Kier molecular flexibility index (Phi) is 5.29. The highest BCUT2D eigenvalue weighted by atomic mass is 15.1. The van der Waals surface area contributed by atoms with Crippen molar-refractivity contribution >= 4 is 27.4 Å². The van der Waals surface area contributed by atoms with Gasteiger partial charge in [-0.2, -0.15) is 5.10 Å². The van der Waals surface area contributed by atoms with E-state index in [9.17, 15) is 0 Å². The Morgan fingerprint density at radius 3 is 2.69 bits per heavy atom. The van der Waals surface area contributed by atoms with Crippen molar-refractivity contribution in [3.63, 3.8) is 0 Å². The molecule has 1 aliphatic heterocycles. The number of fused-ring (bicyclic) bond motifs is 2. The van der Waals surface area contributed by atoms with Crippen LogP contribution < -0.4 is 0 Å². The van der Waals surface area contributed by atoms with E-state index in [1.165, 1.54) is 54.4 Å². The van der Waals surface area contributed by atoms with Crippen LogP contribution in [0.3, 0.4) is 0 Å². The molecule has 0 unspecified atom stereocenters. The zero-order chi connectivity index (χ0) is 23.9. The fourth-order valence-corrected chi connectivity index (χ4v) is 5.70. The Balaban J connectivity index is 1.25. The third kappa shape index (κ3) is 3.86. The van der Waals surface area contributed by atoms with Crippen LogP contribution in [0.15, 0.2) is 79.2 Å². The number of pyridine rings is 1. The molecule has 1 aliphatic carbocycles. The van der Waals surface area contributed by atoms with Gasteiger partial charge in [0.15, 0.2) is 0 Å². The summed E-state index contributed by atoms with van der Waals surface area (Å²) in [5.41, 5.74) is 10.3. The van der Waals surface area contributed by atoms with Gasteiger partial charge in [0.2, 0.25) is 0 Å². The second-order valence-corrected chi connectivity index (χ2v) is 10.00. The molecule has 1 fully saturated rings. The second-order valence-electron chi connectivity index (χ2n) is 10.00. The van der Waals surface area contributed by atoms with Crippen LogP contribution in [0.25, 0.3) is 49.9 Å². The molecule has 5 nitrogen and oxygen atoms in total. The van der Waals surface area contributed by atoms with Crippen molar-refractivity contribution in [1.82, 2.24) is 25.1 Å². The third-order valence-corrected chi connectivity index (χ3v) is 7.55. The number of allylic oxidation sites excluding steroid dienone is 4. The van der Waals surface area contributed by atoms with Gasteiger partial charge in [-0.25, -0.2) is 0 Å². The largest absolute Gasteiger partial charge is 0.353 e. The molecule has 0 bridgehead atoms. The van der Waals surface area contributed by atoms with E-state index in [0.717, 1.165) is 51.9 Å². The Morgan fingerprint density at radius 2 is 1.81 bits per heavy atom. The normalized spacial score (nSPS) is 16.3. The van der Waals surface area contributed by atoms with E-state index in [1.54, 1.807) is 0 Å². The lowest BCUT2D eigenvalue weighted by Gasteiger charge is -2.26. The number of nitrogens with zero attached hydrogens (tertiary/aromatic N) is 3. The maximum atomic E-state index is 4.71. The lowest BCUT2D eigenvalue weighted by Crippen LogP contribution is -2.29. The first kappa shape index (κ1) is 21.3. The maximum Gasteiger partial charge on any atom is 0.116 e. The van der Waals surface area contributed by atoms with Crippen LogP contribution in [-0.2, 0) is 6.54 Å². The summed E-state index contributed by atoms with van der Waals surface area (Å²) in [6, 6.07) is 17.5. The van der Waals surface area contributed by atoms with Crippen LogP contribution in [0.1, 0.15) is 36.8 Å². The van der Waals surface area contributed by atoms with Gasteiger partial charge in [0.05, 0.1) is 11.2 Å². The second kappa shape index (κ2) is 8.92. The Morgan fingerprint density at radius 1 is 0.861 bits per heavy atom. The summed E-state index contributed by atoms with van der Waals surface area (Å²) in [6.07, 6.45) is 15.7. The van der Waals surface area contributed by atoms with Crippen LogP contribution in [0.4, 0.5) is 0 Å². The average molecular weight is 472 g/mol. The van der Waals surface area contributed by atoms with E-state index in [0.29, 0.717) is 0 Å². The molecule has 3 aromatic heterocycles. The molecule has 5 aromatic rings. The number of hydrogen-bond acceptors (Lipinski definition) is 3. The first-order valence-corrected chi connectivity index (χ1v) is 13.0. The van der Waals surface area contributed by atoms with Crippen molar-refractivity contribution in [3.8, 4) is 22.5 Å². The fraction of sp³-hybridized carbons (Fsp3) is 0.226. The number of aromatic nitrogens is 4. The van der Waals surface area contributed by atoms with Crippen molar-refractivity contribution < 1.29 is 0 Å². The molecule has 36 heavy (non-hydrogen) atoms. The molecular weight excluding hydrogens is 442 g/mol. The molecule has 1 saturated heterocycles. The SMILES string of the molecule is C1=CC(c2cccc3[nH]c(-c4n[nH]c5ccc(-c6cncc(CN7CCCCC7)c6)cc45)cc23)=CC1. The number of H-pyrrole nitrogens is 2. The molecule has 0 spiro atoms. The molecule has 2 N–H and O–H groups in total. The van der Waals surface area contributed by atoms with Gasteiger partial charge < -0.3 is 4.98 Å². The van der Waals surface area contributed by atoms with Crippen LogP contribution in [-0.4, -0.2) is 38.2 Å². The molecule has 5 heteroatoms. The van der Waals surface area contributed by atoms with E-state index < -0.39 is 0 Å². The average Bonchev–Trinajstić information content (AvgIpc) is 3.68. The number of nitrogens with one attached hydrogen (secondary N) is 2. The van der Waals surface area contributed by atoms with Crippen LogP contribution in [0.5, 0.6) is 0 Å². The number of aromatic amines is 2. The minimum absolute atomic E-state index is 0.947. The van der Waals surface area contributed by atoms with Gasteiger partial charge in [0, 0.05) is 40.8 Å². The van der Waals surface area contributed by atoms with Gasteiger partial charge in [-0.05, 0) is 84.9 Å². The van der Waals surface area contributed by atoms with Crippen molar-refractivity contribution in [3.05, 3.63) is 90.3 Å². The predicted octanol–water partition coefficient (Wildman–Crippen LogP) is 7.10. The summed E-state index contributed by atoms with van der Waals surface area (Å²) in [5.74, 6) is 0. The number of likely N-dealkylation sites (tertiary alicyclic amines) is 1. The van der Waals surface area contributed by atoms with E-state index in [-0.39, 0.29) is 0 Å². The van der Waals surface area contributed by atoms with Crippen LogP contribution in [0.2, 0.25) is 0 Å². The molecule has 7 rings (SSSR count).